The summed E-state index contributed by atoms with van der Waals surface area (Å²) in [4.78, 5) is 29.5. The number of aryl methyl sites for hydroxylation is 1. The highest BCUT2D eigenvalue weighted by Gasteiger charge is 2.35. The SMILES string of the molecule is CCNC(=O)[C@@H](Cc1ccccc1)N(Cc1ccc(Cl)c(Cl)c1)C(=O)CN(c1cc(Cl)ccc1OC)S(=O)(=O)c1ccc(C)cc1. The summed E-state index contributed by atoms with van der Waals surface area (Å²) in [7, 11) is -2.95. The van der Waals surface area contributed by atoms with Gasteiger partial charge in [0.05, 0.1) is 27.7 Å². The van der Waals surface area contributed by atoms with Crippen LogP contribution in [0.1, 0.15) is 23.6 Å². The van der Waals surface area contributed by atoms with Crippen molar-refractivity contribution in [2.75, 3.05) is 24.5 Å². The number of rotatable bonds is 13. The summed E-state index contributed by atoms with van der Waals surface area (Å²) in [6, 6.07) is 24.0. The molecule has 0 fully saturated rings. The number of carbonyl (C=O) groups excluding carboxylic acids is 2. The van der Waals surface area contributed by atoms with Gasteiger partial charge in [0.15, 0.2) is 0 Å². The Morgan fingerprint density at radius 3 is 2.20 bits per heavy atom. The van der Waals surface area contributed by atoms with E-state index in [0.717, 1.165) is 15.4 Å². The molecule has 0 saturated carbocycles. The van der Waals surface area contributed by atoms with Crippen LogP contribution in [0.25, 0.3) is 0 Å². The molecule has 4 aromatic rings. The number of halogens is 3. The summed E-state index contributed by atoms with van der Waals surface area (Å²) < 4.78 is 35.0. The molecule has 0 aromatic heterocycles. The normalized spacial score (nSPS) is 11.9. The summed E-state index contributed by atoms with van der Waals surface area (Å²) >= 11 is 18.8. The molecule has 0 spiro atoms. The maximum atomic E-state index is 14.5. The topological polar surface area (TPSA) is 96.0 Å². The van der Waals surface area contributed by atoms with Gasteiger partial charge in [0.2, 0.25) is 11.8 Å². The fraction of sp³-hybridized carbons (Fsp3) is 0.235. The highest BCUT2D eigenvalue weighted by atomic mass is 35.5. The van der Waals surface area contributed by atoms with E-state index >= 15 is 0 Å². The predicted octanol–water partition coefficient (Wildman–Crippen LogP) is 6.94. The highest BCUT2D eigenvalue weighted by Crippen LogP contribution is 2.35. The monoisotopic (exact) mass is 701 g/mol. The van der Waals surface area contributed by atoms with Crippen LogP contribution in [0.15, 0.2) is 95.9 Å². The van der Waals surface area contributed by atoms with Gasteiger partial charge in [-0.05, 0) is 67.4 Å². The molecule has 0 aliphatic rings. The maximum absolute atomic E-state index is 14.5. The zero-order valence-electron chi connectivity index (χ0n) is 25.5. The third-order valence-electron chi connectivity index (χ3n) is 7.26. The van der Waals surface area contributed by atoms with E-state index in [-0.39, 0.29) is 39.3 Å². The molecule has 1 atom stereocenters. The Labute approximate surface area is 284 Å². The van der Waals surface area contributed by atoms with Gasteiger partial charge in [-0.3, -0.25) is 13.9 Å². The summed E-state index contributed by atoms with van der Waals surface area (Å²) in [5.41, 5.74) is 2.33. The molecule has 0 aliphatic carbocycles. The Kier molecular flexibility index (Phi) is 12.0. The molecule has 1 N–H and O–H groups in total. The number of likely N-dealkylation sites (N-methyl/N-ethyl adjacent to an activating group) is 1. The van der Waals surface area contributed by atoms with Crippen molar-refractivity contribution in [3.8, 4) is 5.75 Å². The molecule has 0 heterocycles. The average Bonchev–Trinajstić information content (AvgIpc) is 3.03. The van der Waals surface area contributed by atoms with Crippen LogP contribution < -0.4 is 14.4 Å². The fourth-order valence-corrected chi connectivity index (χ4v) is 6.79. The van der Waals surface area contributed by atoms with Crippen molar-refractivity contribution in [3.63, 3.8) is 0 Å². The average molecular weight is 703 g/mol. The van der Waals surface area contributed by atoms with Crippen LogP contribution in [-0.2, 0) is 32.6 Å². The Balaban J connectivity index is 1.86. The summed E-state index contributed by atoms with van der Waals surface area (Å²) in [5.74, 6) is -0.850. The highest BCUT2D eigenvalue weighted by molar-refractivity contribution is 7.92. The van der Waals surface area contributed by atoms with E-state index in [4.69, 9.17) is 39.5 Å². The molecular weight excluding hydrogens is 669 g/mol. The summed E-state index contributed by atoms with van der Waals surface area (Å²) in [6.45, 7) is 3.22. The molecule has 0 radical (unpaired) electrons. The van der Waals surface area contributed by atoms with E-state index < -0.39 is 34.4 Å². The lowest BCUT2D eigenvalue weighted by molar-refractivity contribution is -0.140. The van der Waals surface area contributed by atoms with Crippen molar-refractivity contribution in [2.45, 2.75) is 37.8 Å². The maximum Gasteiger partial charge on any atom is 0.264 e. The zero-order chi connectivity index (χ0) is 33.4. The van der Waals surface area contributed by atoms with Crippen LogP contribution in [0.4, 0.5) is 5.69 Å². The molecule has 12 heteroatoms. The fourth-order valence-electron chi connectivity index (χ4n) is 4.89. The van der Waals surface area contributed by atoms with Crippen LogP contribution in [0.2, 0.25) is 15.1 Å². The van der Waals surface area contributed by atoms with Crippen LogP contribution in [0, 0.1) is 6.92 Å². The van der Waals surface area contributed by atoms with E-state index in [1.165, 1.54) is 36.3 Å². The Hall–Kier alpha value is -3.76. The van der Waals surface area contributed by atoms with Crippen LogP contribution >= 0.6 is 34.8 Å². The van der Waals surface area contributed by atoms with Crippen molar-refractivity contribution in [3.05, 3.63) is 123 Å². The number of benzene rings is 4. The lowest BCUT2D eigenvalue weighted by Crippen LogP contribution is -2.53. The van der Waals surface area contributed by atoms with Gasteiger partial charge in [-0.15, -0.1) is 0 Å². The van der Waals surface area contributed by atoms with Gasteiger partial charge in [-0.2, -0.15) is 0 Å². The first kappa shape index (κ1) is 35.1. The number of ether oxygens (including phenoxy) is 1. The van der Waals surface area contributed by atoms with E-state index in [2.05, 4.69) is 5.32 Å². The second kappa shape index (κ2) is 15.7. The molecule has 4 rings (SSSR count). The lowest BCUT2D eigenvalue weighted by atomic mass is 10.0. The lowest BCUT2D eigenvalue weighted by Gasteiger charge is -2.34. The van der Waals surface area contributed by atoms with Gasteiger partial charge in [0, 0.05) is 24.5 Å². The van der Waals surface area contributed by atoms with E-state index in [0.29, 0.717) is 17.1 Å². The smallest absolute Gasteiger partial charge is 0.264 e. The van der Waals surface area contributed by atoms with Crippen molar-refractivity contribution >= 4 is 62.3 Å². The number of nitrogens with zero attached hydrogens (tertiary/aromatic N) is 2. The van der Waals surface area contributed by atoms with Gasteiger partial charge in [0.25, 0.3) is 10.0 Å². The summed E-state index contributed by atoms with van der Waals surface area (Å²) in [6.07, 6.45) is 0.172. The molecule has 0 bridgehead atoms. The van der Waals surface area contributed by atoms with Crippen LogP contribution in [-0.4, -0.2) is 51.4 Å². The van der Waals surface area contributed by atoms with Gasteiger partial charge < -0.3 is 15.0 Å². The number of sulfonamides is 1. The zero-order valence-corrected chi connectivity index (χ0v) is 28.6. The first-order valence-corrected chi connectivity index (χ1v) is 17.0. The Morgan fingerprint density at radius 1 is 0.870 bits per heavy atom. The van der Waals surface area contributed by atoms with Crippen molar-refractivity contribution in [1.29, 1.82) is 0 Å². The Bertz CT molecular complexity index is 1790. The standard InChI is InChI=1S/C34H34Cl3N3O5S/c1-4-38-34(42)31(19-24-8-6-5-7-9-24)39(21-25-12-16-28(36)29(37)18-25)33(41)22-40(30-20-26(35)13-17-32(30)45-3)46(43,44)27-14-10-23(2)11-15-27/h5-18,20,31H,4,19,21-22H2,1-3H3,(H,38,42)/t31-/m1/s1. The predicted molar refractivity (Wildman–Crippen MR) is 183 cm³/mol. The number of anilines is 1. The molecule has 8 nitrogen and oxygen atoms in total. The molecule has 0 aliphatic heterocycles. The second-order valence-electron chi connectivity index (χ2n) is 10.5. The third-order valence-corrected chi connectivity index (χ3v) is 10.0. The van der Waals surface area contributed by atoms with Gasteiger partial charge in [0.1, 0.15) is 18.3 Å². The van der Waals surface area contributed by atoms with Crippen molar-refractivity contribution in [2.24, 2.45) is 0 Å². The van der Waals surface area contributed by atoms with Gasteiger partial charge >= 0.3 is 0 Å². The van der Waals surface area contributed by atoms with Crippen molar-refractivity contribution in [1.82, 2.24) is 10.2 Å². The largest absolute Gasteiger partial charge is 0.495 e. The second-order valence-corrected chi connectivity index (χ2v) is 13.6. The van der Waals surface area contributed by atoms with E-state index in [9.17, 15) is 18.0 Å². The number of hydrogen-bond donors (Lipinski definition) is 1. The number of amides is 2. The molecule has 4 aromatic carbocycles. The quantitative estimate of drug-likeness (QED) is 0.163. The third kappa shape index (κ3) is 8.53. The minimum atomic E-state index is -4.34. The van der Waals surface area contributed by atoms with Gasteiger partial charge in [-0.1, -0.05) is 88.9 Å². The molecule has 0 saturated heterocycles. The minimum absolute atomic E-state index is 0.0338. The molecule has 0 unspecified atom stereocenters. The van der Waals surface area contributed by atoms with Crippen molar-refractivity contribution < 1.29 is 22.7 Å². The van der Waals surface area contributed by atoms with Crippen LogP contribution in [0.5, 0.6) is 5.75 Å². The molecular formula is C34H34Cl3N3O5S. The number of carbonyl (C=O) groups is 2. The Morgan fingerprint density at radius 2 is 1.57 bits per heavy atom. The van der Waals surface area contributed by atoms with E-state index in [1.54, 1.807) is 43.3 Å². The minimum Gasteiger partial charge on any atom is -0.495 e. The van der Waals surface area contributed by atoms with E-state index in [1.807, 2.05) is 37.3 Å². The number of nitrogens with one attached hydrogen (secondary N) is 1. The first-order valence-electron chi connectivity index (χ1n) is 14.4. The molecule has 2 amide bonds. The molecule has 46 heavy (non-hydrogen) atoms. The number of hydrogen-bond acceptors (Lipinski definition) is 5. The number of methoxy groups -OCH3 is 1. The van der Waals surface area contributed by atoms with Crippen LogP contribution in [0.3, 0.4) is 0 Å². The molecule has 242 valence electrons. The first-order chi connectivity index (χ1) is 21.9. The summed E-state index contributed by atoms with van der Waals surface area (Å²) in [5, 5.41) is 3.67. The van der Waals surface area contributed by atoms with Gasteiger partial charge in [-0.25, -0.2) is 8.42 Å².